The molecule has 0 saturated carbocycles. The fourth-order valence-corrected chi connectivity index (χ4v) is 4.28. The lowest BCUT2D eigenvalue weighted by atomic mass is 9.99. The molecule has 102 valence electrons. The van der Waals surface area contributed by atoms with E-state index in [4.69, 9.17) is 0 Å². The maximum absolute atomic E-state index is 11.6. The summed E-state index contributed by atoms with van der Waals surface area (Å²) in [5.41, 5.74) is 0. The molecular formula is C13H27NO2S. The first-order chi connectivity index (χ1) is 8.10. The Morgan fingerprint density at radius 2 is 2.12 bits per heavy atom. The molecule has 1 aliphatic rings. The Morgan fingerprint density at radius 3 is 2.65 bits per heavy atom. The van der Waals surface area contributed by atoms with Gasteiger partial charge in [-0.15, -0.1) is 0 Å². The molecule has 1 rings (SSSR count). The van der Waals surface area contributed by atoms with Gasteiger partial charge in [-0.3, -0.25) is 0 Å². The van der Waals surface area contributed by atoms with Gasteiger partial charge in [0.2, 0.25) is 0 Å². The van der Waals surface area contributed by atoms with Crippen molar-refractivity contribution in [2.45, 2.75) is 57.6 Å². The SMILES string of the molecule is CCCCC(CC)CNCC1CCCS1(=O)=O. The van der Waals surface area contributed by atoms with Crippen LogP contribution in [0.3, 0.4) is 0 Å². The maximum Gasteiger partial charge on any atom is 0.154 e. The first-order valence-electron chi connectivity index (χ1n) is 7.02. The van der Waals surface area contributed by atoms with Crippen molar-refractivity contribution >= 4 is 9.84 Å². The number of nitrogens with one attached hydrogen (secondary N) is 1. The van der Waals surface area contributed by atoms with Crippen molar-refractivity contribution in [1.29, 1.82) is 0 Å². The third-order valence-corrected chi connectivity index (χ3v) is 6.09. The molecule has 1 heterocycles. The predicted molar refractivity (Wildman–Crippen MR) is 73.0 cm³/mol. The van der Waals surface area contributed by atoms with Crippen LogP contribution < -0.4 is 5.32 Å². The van der Waals surface area contributed by atoms with Crippen LogP contribution in [0.25, 0.3) is 0 Å². The Kier molecular flexibility index (Phi) is 6.49. The lowest BCUT2D eigenvalue weighted by molar-refractivity contribution is 0.418. The Hall–Kier alpha value is -0.0900. The van der Waals surface area contributed by atoms with Crippen LogP contribution in [0.1, 0.15) is 52.4 Å². The Balaban J connectivity index is 2.22. The topological polar surface area (TPSA) is 46.2 Å². The minimum atomic E-state index is -2.77. The second kappa shape index (κ2) is 7.37. The smallest absolute Gasteiger partial charge is 0.154 e. The van der Waals surface area contributed by atoms with Crippen LogP contribution in [0.4, 0.5) is 0 Å². The molecular weight excluding hydrogens is 234 g/mol. The molecule has 3 nitrogen and oxygen atoms in total. The summed E-state index contributed by atoms with van der Waals surface area (Å²) in [6.45, 7) is 6.06. The largest absolute Gasteiger partial charge is 0.315 e. The van der Waals surface area contributed by atoms with Crippen molar-refractivity contribution in [2.24, 2.45) is 5.92 Å². The van der Waals surface area contributed by atoms with Crippen molar-refractivity contribution < 1.29 is 8.42 Å². The molecule has 0 radical (unpaired) electrons. The van der Waals surface area contributed by atoms with Crippen LogP contribution in [0.2, 0.25) is 0 Å². The van der Waals surface area contributed by atoms with Gasteiger partial charge in [-0.25, -0.2) is 8.42 Å². The Bertz CT molecular complexity index is 301. The van der Waals surface area contributed by atoms with Crippen molar-refractivity contribution in [3.05, 3.63) is 0 Å². The maximum atomic E-state index is 11.6. The summed E-state index contributed by atoms with van der Waals surface area (Å²) in [6, 6.07) is 0. The van der Waals surface area contributed by atoms with Gasteiger partial charge in [0, 0.05) is 6.54 Å². The van der Waals surface area contributed by atoms with Crippen molar-refractivity contribution in [1.82, 2.24) is 5.32 Å². The van der Waals surface area contributed by atoms with E-state index in [0.29, 0.717) is 18.2 Å². The zero-order chi connectivity index (χ0) is 12.7. The van der Waals surface area contributed by atoms with Crippen LogP contribution in [0.5, 0.6) is 0 Å². The highest BCUT2D eigenvalue weighted by Crippen LogP contribution is 2.19. The summed E-state index contributed by atoms with van der Waals surface area (Å²) in [7, 11) is -2.77. The molecule has 0 amide bonds. The van der Waals surface area contributed by atoms with Crippen LogP contribution in [-0.4, -0.2) is 32.5 Å². The molecule has 4 heteroatoms. The van der Waals surface area contributed by atoms with Gasteiger partial charge >= 0.3 is 0 Å². The second-order valence-electron chi connectivity index (χ2n) is 5.21. The van der Waals surface area contributed by atoms with Gasteiger partial charge in [-0.2, -0.15) is 0 Å². The van der Waals surface area contributed by atoms with Gasteiger partial charge in [-0.1, -0.05) is 33.1 Å². The molecule has 2 unspecified atom stereocenters. The lowest BCUT2D eigenvalue weighted by Crippen LogP contribution is -2.33. The normalized spacial score (nSPS) is 24.9. The molecule has 0 aromatic rings. The molecule has 17 heavy (non-hydrogen) atoms. The zero-order valence-electron chi connectivity index (χ0n) is 11.2. The van der Waals surface area contributed by atoms with Crippen molar-refractivity contribution in [2.75, 3.05) is 18.8 Å². The number of rotatable bonds is 8. The minimum Gasteiger partial charge on any atom is -0.315 e. The highest BCUT2D eigenvalue weighted by Gasteiger charge is 2.30. The highest BCUT2D eigenvalue weighted by atomic mass is 32.2. The number of hydrogen-bond acceptors (Lipinski definition) is 3. The molecule has 0 spiro atoms. The molecule has 0 aliphatic carbocycles. The summed E-state index contributed by atoms with van der Waals surface area (Å²) in [5, 5.41) is 3.24. The summed E-state index contributed by atoms with van der Waals surface area (Å²) in [4.78, 5) is 0. The van der Waals surface area contributed by atoms with E-state index in [1.807, 2.05) is 0 Å². The highest BCUT2D eigenvalue weighted by molar-refractivity contribution is 7.92. The van der Waals surface area contributed by atoms with Gasteiger partial charge in [0.25, 0.3) is 0 Å². The van der Waals surface area contributed by atoms with E-state index >= 15 is 0 Å². The summed E-state index contributed by atoms with van der Waals surface area (Å²) in [5.74, 6) is 1.10. The van der Waals surface area contributed by atoms with Crippen LogP contribution >= 0.6 is 0 Å². The second-order valence-corrected chi connectivity index (χ2v) is 7.61. The van der Waals surface area contributed by atoms with E-state index in [0.717, 1.165) is 19.4 Å². The molecule has 0 aromatic heterocycles. The third kappa shape index (κ3) is 4.96. The summed E-state index contributed by atoms with van der Waals surface area (Å²) >= 11 is 0. The lowest BCUT2D eigenvalue weighted by Gasteiger charge is -2.17. The predicted octanol–water partition coefficient (Wildman–Crippen LogP) is 2.37. The third-order valence-electron chi connectivity index (χ3n) is 3.81. The molecule has 0 aromatic carbocycles. The van der Waals surface area contributed by atoms with E-state index < -0.39 is 9.84 Å². The summed E-state index contributed by atoms with van der Waals surface area (Å²) < 4.78 is 23.3. The Morgan fingerprint density at radius 1 is 1.35 bits per heavy atom. The van der Waals surface area contributed by atoms with E-state index in [-0.39, 0.29) is 5.25 Å². The molecule has 2 atom stereocenters. The van der Waals surface area contributed by atoms with Crippen LogP contribution in [0, 0.1) is 5.92 Å². The van der Waals surface area contributed by atoms with Crippen molar-refractivity contribution in [3.8, 4) is 0 Å². The van der Waals surface area contributed by atoms with Gasteiger partial charge in [0.15, 0.2) is 9.84 Å². The van der Waals surface area contributed by atoms with Gasteiger partial charge < -0.3 is 5.32 Å². The first kappa shape index (κ1) is 15.0. The monoisotopic (exact) mass is 261 g/mol. The molecule has 1 aliphatic heterocycles. The van der Waals surface area contributed by atoms with E-state index in [1.54, 1.807) is 0 Å². The minimum absolute atomic E-state index is 0.119. The Labute approximate surface area is 106 Å². The standard InChI is InChI=1S/C13H27NO2S/c1-3-5-7-12(4-2)10-14-11-13-8-6-9-17(13,15)16/h12-14H,3-11H2,1-2H3. The van der Waals surface area contributed by atoms with E-state index in [9.17, 15) is 8.42 Å². The van der Waals surface area contributed by atoms with Gasteiger partial charge in [-0.05, 0) is 31.7 Å². The quantitative estimate of drug-likeness (QED) is 0.729. The average Bonchev–Trinajstić information content (AvgIpc) is 2.63. The molecule has 1 N–H and O–H groups in total. The molecule has 0 bridgehead atoms. The fourth-order valence-electron chi connectivity index (χ4n) is 2.48. The van der Waals surface area contributed by atoms with Crippen LogP contribution in [0.15, 0.2) is 0 Å². The number of sulfone groups is 1. The van der Waals surface area contributed by atoms with Crippen LogP contribution in [-0.2, 0) is 9.84 Å². The van der Waals surface area contributed by atoms with Crippen molar-refractivity contribution in [3.63, 3.8) is 0 Å². The average molecular weight is 261 g/mol. The van der Waals surface area contributed by atoms with E-state index in [1.165, 1.54) is 25.7 Å². The van der Waals surface area contributed by atoms with E-state index in [2.05, 4.69) is 19.2 Å². The number of hydrogen-bond donors (Lipinski definition) is 1. The molecule has 1 fully saturated rings. The zero-order valence-corrected chi connectivity index (χ0v) is 12.1. The van der Waals surface area contributed by atoms with Gasteiger partial charge in [0.05, 0.1) is 11.0 Å². The summed E-state index contributed by atoms with van der Waals surface area (Å²) in [6.07, 6.45) is 6.67. The first-order valence-corrected chi connectivity index (χ1v) is 8.74. The fraction of sp³-hybridized carbons (Fsp3) is 1.00. The molecule has 1 saturated heterocycles. The number of unbranched alkanes of at least 4 members (excludes halogenated alkanes) is 1. The van der Waals surface area contributed by atoms with Gasteiger partial charge in [0.1, 0.15) is 0 Å².